The molecule has 3 rings (SSSR count). The van der Waals surface area contributed by atoms with Crippen LogP contribution in [0.4, 0.5) is 11.4 Å². The minimum atomic E-state index is -3.31. The molecule has 1 heterocycles. The maximum atomic E-state index is 12.5. The smallest absolute Gasteiger partial charge is 0.310 e. The molecule has 1 aliphatic rings. The van der Waals surface area contributed by atoms with E-state index in [1.54, 1.807) is 55.5 Å². The van der Waals surface area contributed by atoms with Gasteiger partial charge in [-0.1, -0.05) is 18.2 Å². The minimum absolute atomic E-state index is 0.116. The number of hydrogen-bond acceptors (Lipinski definition) is 4. The molecule has 0 saturated carbocycles. The lowest BCUT2D eigenvalue weighted by Gasteiger charge is -2.17. The summed E-state index contributed by atoms with van der Waals surface area (Å²) < 4.78 is 25.4. The summed E-state index contributed by atoms with van der Waals surface area (Å²) in [5.41, 5.74) is 1.99. The molecule has 1 fully saturated rings. The maximum absolute atomic E-state index is 12.5. The van der Waals surface area contributed by atoms with Gasteiger partial charge in [0.2, 0.25) is 10.0 Å². The van der Waals surface area contributed by atoms with Crippen LogP contribution in [0.25, 0.3) is 0 Å². The van der Waals surface area contributed by atoms with Crippen LogP contribution in [0.2, 0.25) is 0 Å². The van der Waals surface area contributed by atoms with Gasteiger partial charge in [0.1, 0.15) is 0 Å². The van der Waals surface area contributed by atoms with Crippen LogP contribution in [0.3, 0.4) is 0 Å². The molecule has 2 aromatic rings. The highest BCUT2D eigenvalue weighted by molar-refractivity contribution is 7.93. The van der Waals surface area contributed by atoms with Crippen LogP contribution in [0.15, 0.2) is 48.5 Å². The fourth-order valence-electron chi connectivity index (χ4n) is 2.93. The molecule has 7 nitrogen and oxygen atoms in total. The van der Waals surface area contributed by atoms with E-state index in [4.69, 9.17) is 5.11 Å². The number of nitrogens with zero attached hydrogens (tertiary/aromatic N) is 1. The second-order valence-electron chi connectivity index (χ2n) is 6.43. The van der Waals surface area contributed by atoms with Gasteiger partial charge in [-0.15, -0.1) is 0 Å². The predicted octanol–water partition coefficient (Wildman–Crippen LogP) is 2.67. The van der Waals surface area contributed by atoms with Gasteiger partial charge in [0, 0.05) is 17.8 Å². The van der Waals surface area contributed by atoms with E-state index in [-0.39, 0.29) is 11.7 Å². The Morgan fingerprint density at radius 2 is 1.85 bits per heavy atom. The van der Waals surface area contributed by atoms with Crippen molar-refractivity contribution >= 4 is 33.3 Å². The third kappa shape index (κ3) is 4.11. The maximum Gasteiger partial charge on any atom is 0.310 e. The molecule has 1 saturated heterocycles. The molecule has 1 aliphatic heterocycles. The van der Waals surface area contributed by atoms with Gasteiger partial charge in [-0.2, -0.15) is 0 Å². The molecule has 0 aliphatic carbocycles. The fourth-order valence-corrected chi connectivity index (χ4v) is 4.49. The van der Waals surface area contributed by atoms with Crippen LogP contribution in [0, 0.1) is 0 Å². The van der Waals surface area contributed by atoms with Crippen molar-refractivity contribution in [2.45, 2.75) is 19.3 Å². The highest BCUT2D eigenvalue weighted by Crippen LogP contribution is 2.25. The molecule has 0 aromatic heterocycles. The van der Waals surface area contributed by atoms with Gasteiger partial charge in [-0.25, -0.2) is 8.42 Å². The predicted molar refractivity (Wildman–Crippen MR) is 103 cm³/mol. The topological polar surface area (TPSA) is 104 Å². The van der Waals surface area contributed by atoms with Crippen LogP contribution in [0.1, 0.15) is 35.2 Å². The summed E-state index contributed by atoms with van der Waals surface area (Å²) in [6.45, 7) is 2.00. The summed E-state index contributed by atoms with van der Waals surface area (Å²) in [7, 11) is -3.31. The molecule has 1 amide bonds. The van der Waals surface area contributed by atoms with Crippen molar-refractivity contribution in [3.8, 4) is 0 Å². The van der Waals surface area contributed by atoms with Crippen molar-refractivity contribution in [1.29, 1.82) is 0 Å². The van der Waals surface area contributed by atoms with Gasteiger partial charge in [-0.3, -0.25) is 13.9 Å². The number of amides is 1. The van der Waals surface area contributed by atoms with Crippen LogP contribution < -0.4 is 9.62 Å². The van der Waals surface area contributed by atoms with E-state index in [1.807, 2.05) is 0 Å². The summed E-state index contributed by atoms with van der Waals surface area (Å²) in [6, 6.07) is 13.1. The standard InChI is InChI=1S/C19H20N2O5S/c1-13(19(23)24)14-6-8-16(9-7-14)20-18(22)15-4-2-5-17(12-15)21-10-3-11-27(21,25)26/h2,4-9,12-13H,3,10-11H2,1H3,(H,20,22)(H,23,24). The Hall–Kier alpha value is -2.87. The second kappa shape index (κ2) is 7.40. The van der Waals surface area contributed by atoms with Crippen LogP contribution in [0.5, 0.6) is 0 Å². The number of rotatable bonds is 5. The summed E-state index contributed by atoms with van der Waals surface area (Å²) in [5.74, 6) is -1.80. The fraction of sp³-hybridized carbons (Fsp3) is 0.263. The largest absolute Gasteiger partial charge is 0.481 e. The molecule has 0 bridgehead atoms. The van der Waals surface area contributed by atoms with E-state index in [9.17, 15) is 18.0 Å². The summed E-state index contributed by atoms with van der Waals surface area (Å²) >= 11 is 0. The number of anilines is 2. The van der Waals surface area contributed by atoms with Gasteiger partial charge >= 0.3 is 5.97 Å². The number of hydrogen-bond donors (Lipinski definition) is 2. The molecule has 2 N–H and O–H groups in total. The minimum Gasteiger partial charge on any atom is -0.481 e. The number of carboxylic acids is 1. The SMILES string of the molecule is CC(C(=O)O)c1ccc(NC(=O)c2cccc(N3CCCS3(=O)=O)c2)cc1. The molecule has 27 heavy (non-hydrogen) atoms. The number of aliphatic carboxylic acids is 1. The van der Waals surface area contributed by atoms with Crippen LogP contribution >= 0.6 is 0 Å². The lowest BCUT2D eigenvalue weighted by molar-refractivity contribution is -0.138. The Labute approximate surface area is 157 Å². The number of carbonyl (C=O) groups is 2. The Morgan fingerprint density at radius 3 is 2.44 bits per heavy atom. The number of carbonyl (C=O) groups excluding carboxylic acids is 1. The molecule has 2 aromatic carbocycles. The molecule has 1 unspecified atom stereocenters. The lowest BCUT2D eigenvalue weighted by atomic mass is 10.0. The van der Waals surface area contributed by atoms with Crippen LogP contribution in [-0.2, 0) is 14.8 Å². The van der Waals surface area contributed by atoms with E-state index in [2.05, 4.69) is 5.32 Å². The first-order valence-corrected chi connectivity index (χ1v) is 10.1. The van der Waals surface area contributed by atoms with Crippen molar-refractivity contribution < 1.29 is 23.1 Å². The van der Waals surface area contributed by atoms with E-state index < -0.39 is 21.9 Å². The van der Waals surface area contributed by atoms with Gasteiger partial charge in [0.05, 0.1) is 17.4 Å². The van der Waals surface area contributed by atoms with Crippen molar-refractivity contribution in [3.05, 3.63) is 59.7 Å². The monoisotopic (exact) mass is 388 g/mol. The second-order valence-corrected chi connectivity index (χ2v) is 8.44. The molecular formula is C19H20N2O5S. The van der Waals surface area contributed by atoms with Crippen molar-refractivity contribution in [3.63, 3.8) is 0 Å². The number of carboxylic acid groups (broad SMARTS) is 1. The molecule has 0 radical (unpaired) electrons. The average Bonchev–Trinajstić information content (AvgIpc) is 3.01. The first kappa shape index (κ1) is 18.9. The zero-order valence-corrected chi connectivity index (χ0v) is 15.6. The summed E-state index contributed by atoms with van der Waals surface area (Å²) in [6.07, 6.45) is 0.569. The van der Waals surface area contributed by atoms with Crippen molar-refractivity contribution in [1.82, 2.24) is 0 Å². The molecule has 8 heteroatoms. The van der Waals surface area contributed by atoms with Gasteiger partial charge in [-0.05, 0) is 49.2 Å². The zero-order valence-electron chi connectivity index (χ0n) is 14.8. The van der Waals surface area contributed by atoms with E-state index in [0.29, 0.717) is 35.5 Å². The first-order chi connectivity index (χ1) is 12.8. The Morgan fingerprint density at radius 1 is 1.15 bits per heavy atom. The van der Waals surface area contributed by atoms with Gasteiger partial charge in [0.25, 0.3) is 5.91 Å². The van der Waals surface area contributed by atoms with Crippen molar-refractivity contribution in [2.24, 2.45) is 0 Å². The molecule has 142 valence electrons. The number of benzene rings is 2. The average molecular weight is 388 g/mol. The first-order valence-electron chi connectivity index (χ1n) is 8.52. The van der Waals surface area contributed by atoms with E-state index in [1.165, 1.54) is 4.31 Å². The van der Waals surface area contributed by atoms with Gasteiger partial charge < -0.3 is 10.4 Å². The highest BCUT2D eigenvalue weighted by atomic mass is 32.2. The Kier molecular flexibility index (Phi) is 5.18. The van der Waals surface area contributed by atoms with E-state index in [0.717, 1.165) is 0 Å². The summed E-state index contributed by atoms with van der Waals surface area (Å²) in [4.78, 5) is 23.5. The Balaban J connectivity index is 1.75. The van der Waals surface area contributed by atoms with Gasteiger partial charge in [0.15, 0.2) is 0 Å². The highest BCUT2D eigenvalue weighted by Gasteiger charge is 2.28. The third-order valence-corrected chi connectivity index (χ3v) is 6.40. The normalized spacial score (nSPS) is 16.7. The van der Waals surface area contributed by atoms with Crippen molar-refractivity contribution in [2.75, 3.05) is 21.9 Å². The third-order valence-electron chi connectivity index (χ3n) is 4.53. The summed E-state index contributed by atoms with van der Waals surface area (Å²) in [5, 5.41) is 11.8. The van der Waals surface area contributed by atoms with Crippen LogP contribution in [-0.4, -0.2) is 37.7 Å². The Bertz CT molecular complexity index is 970. The zero-order chi connectivity index (χ0) is 19.6. The lowest BCUT2D eigenvalue weighted by Crippen LogP contribution is -2.25. The van der Waals surface area contributed by atoms with E-state index >= 15 is 0 Å². The molecule has 0 spiro atoms. The molecular weight excluding hydrogens is 368 g/mol. The number of sulfonamides is 1. The number of nitrogens with one attached hydrogen (secondary N) is 1. The molecule has 1 atom stereocenters. The quantitative estimate of drug-likeness (QED) is 0.820.